The second-order valence-electron chi connectivity index (χ2n) is 4.02. The van der Waals surface area contributed by atoms with Gasteiger partial charge in [0.2, 0.25) is 0 Å². The zero-order valence-corrected chi connectivity index (χ0v) is 12.5. The van der Waals surface area contributed by atoms with Crippen LogP contribution in [0.1, 0.15) is 5.56 Å². The lowest BCUT2D eigenvalue weighted by molar-refractivity contribution is -0.139. The van der Waals surface area contributed by atoms with Crippen LogP contribution in [0.3, 0.4) is 0 Å². The van der Waals surface area contributed by atoms with E-state index in [0.29, 0.717) is 11.6 Å². The molecule has 1 aromatic heterocycles. The molecule has 0 aliphatic carbocycles. The summed E-state index contributed by atoms with van der Waals surface area (Å²) in [6, 6.07) is 10.6. The fourth-order valence-electron chi connectivity index (χ4n) is 1.55. The quantitative estimate of drug-likeness (QED) is 0.807. The summed E-state index contributed by atoms with van der Waals surface area (Å²) >= 11 is 3.36. The zero-order valence-electron chi connectivity index (χ0n) is 10.9. The van der Waals surface area contributed by atoms with Crippen molar-refractivity contribution in [1.29, 1.82) is 0 Å². The van der Waals surface area contributed by atoms with E-state index in [1.165, 1.54) is 0 Å². The molecule has 0 aliphatic heterocycles. The zero-order chi connectivity index (χ0) is 15.1. The van der Waals surface area contributed by atoms with Gasteiger partial charge in [-0.15, -0.1) is 5.11 Å². The minimum atomic E-state index is -1.03. The largest absolute Gasteiger partial charge is 0.482 e. The molecule has 7 heteroatoms. The number of hydrogen-bond donors (Lipinski definition) is 1. The molecule has 2 aromatic rings. The molecule has 108 valence electrons. The first-order valence-corrected chi connectivity index (χ1v) is 6.86. The lowest BCUT2D eigenvalue weighted by Gasteiger charge is -2.08. The van der Waals surface area contributed by atoms with Crippen molar-refractivity contribution in [1.82, 2.24) is 4.98 Å². The van der Waals surface area contributed by atoms with Crippen molar-refractivity contribution in [3.8, 4) is 5.75 Å². The summed E-state index contributed by atoms with van der Waals surface area (Å²) in [6.07, 6.45) is 1.63. The van der Waals surface area contributed by atoms with Crippen molar-refractivity contribution in [3.63, 3.8) is 0 Å². The number of rotatable bonds is 6. The minimum absolute atomic E-state index is 0.269. The maximum Gasteiger partial charge on any atom is 0.341 e. The summed E-state index contributed by atoms with van der Waals surface area (Å²) in [7, 11) is 0. The highest BCUT2D eigenvalue weighted by Crippen LogP contribution is 2.24. The molecular formula is C14H12BrN3O3. The number of pyridine rings is 1. The number of benzene rings is 1. The molecule has 2 rings (SSSR count). The Bertz CT molecular complexity index is 647. The molecule has 0 spiro atoms. The van der Waals surface area contributed by atoms with Crippen LogP contribution in [0, 0.1) is 0 Å². The number of azo groups is 1. The van der Waals surface area contributed by atoms with Gasteiger partial charge in [-0.05, 0) is 30.3 Å². The number of hydrogen-bond acceptors (Lipinski definition) is 5. The molecule has 6 nitrogen and oxygen atoms in total. The monoisotopic (exact) mass is 349 g/mol. The van der Waals surface area contributed by atoms with Crippen molar-refractivity contribution in [3.05, 3.63) is 52.6 Å². The molecule has 1 aromatic carbocycles. The van der Waals surface area contributed by atoms with Crippen LogP contribution in [-0.2, 0) is 11.3 Å². The first kappa shape index (κ1) is 15.1. The lowest BCUT2D eigenvalue weighted by Crippen LogP contribution is -2.10. The molecule has 0 unspecified atom stereocenters. The van der Waals surface area contributed by atoms with Crippen molar-refractivity contribution >= 4 is 27.7 Å². The molecule has 0 radical (unpaired) electrons. The normalized spacial score (nSPS) is 10.7. The van der Waals surface area contributed by atoms with Crippen LogP contribution >= 0.6 is 15.9 Å². The van der Waals surface area contributed by atoms with E-state index in [1.807, 2.05) is 12.1 Å². The van der Waals surface area contributed by atoms with Gasteiger partial charge in [-0.2, -0.15) is 5.11 Å². The molecule has 1 N–H and O–H groups in total. The van der Waals surface area contributed by atoms with E-state index in [-0.39, 0.29) is 6.54 Å². The van der Waals surface area contributed by atoms with E-state index in [4.69, 9.17) is 9.84 Å². The molecule has 0 amide bonds. The standard InChI is InChI=1S/C14H12BrN3O3/c15-11-4-5-12(21-9-14(19)20)10(7-11)8-17-18-13-3-1-2-6-16-13/h1-7H,8-9H2,(H,19,20). The fourth-order valence-corrected chi connectivity index (χ4v) is 1.96. The summed E-state index contributed by atoms with van der Waals surface area (Å²) in [5, 5.41) is 16.7. The molecule has 0 atom stereocenters. The highest BCUT2D eigenvalue weighted by molar-refractivity contribution is 9.10. The van der Waals surface area contributed by atoms with Crippen LogP contribution in [0.4, 0.5) is 5.82 Å². The molecule has 1 heterocycles. The third kappa shape index (κ3) is 4.96. The van der Waals surface area contributed by atoms with Gasteiger partial charge in [0.05, 0.1) is 6.54 Å². The van der Waals surface area contributed by atoms with Crippen LogP contribution in [0.25, 0.3) is 0 Å². The second-order valence-corrected chi connectivity index (χ2v) is 4.94. The average molecular weight is 350 g/mol. The Morgan fingerprint density at radius 3 is 2.90 bits per heavy atom. The number of halogens is 1. The predicted octanol–water partition coefficient (Wildman–Crippen LogP) is 3.59. The van der Waals surface area contributed by atoms with Gasteiger partial charge in [-0.1, -0.05) is 22.0 Å². The molecule has 0 bridgehead atoms. The van der Waals surface area contributed by atoms with Gasteiger partial charge in [0.1, 0.15) is 5.75 Å². The van der Waals surface area contributed by atoms with Crippen LogP contribution < -0.4 is 4.74 Å². The Morgan fingerprint density at radius 2 is 2.19 bits per heavy atom. The number of carbonyl (C=O) groups is 1. The van der Waals surface area contributed by atoms with Crippen molar-refractivity contribution in [2.45, 2.75) is 6.54 Å². The Labute approximate surface area is 129 Å². The van der Waals surface area contributed by atoms with Gasteiger partial charge < -0.3 is 9.84 Å². The van der Waals surface area contributed by atoms with E-state index in [9.17, 15) is 4.79 Å². The Balaban J connectivity index is 2.09. The van der Waals surface area contributed by atoms with E-state index < -0.39 is 12.6 Å². The van der Waals surface area contributed by atoms with E-state index in [2.05, 4.69) is 31.1 Å². The Morgan fingerprint density at radius 1 is 1.33 bits per heavy atom. The molecule has 0 saturated heterocycles. The molecule has 21 heavy (non-hydrogen) atoms. The first-order chi connectivity index (χ1) is 10.1. The molecule has 0 aliphatic rings. The summed E-state index contributed by atoms with van der Waals surface area (Å²) in [6.45, 7) is -0.128. The van der Waals surface area contributed by atoms with Gasteiger partial charge in [0.15, 0.2) is 12.4 Å². The van der Waals surface area contributed by atoms with E-state index in [0.717, 1.165) is 10.0 Å². The molecule has 0 saturated carbocycles. The predicted molar refractivity (Wildman–Crippen MR) is 79.7 cm³/mol. The number of aromatic nitrogens is 1. The second kappa shape index (κ2) is 7.49. The van der Waals surface area contributed by atoms with Crippen LogP contribution in [-0.4, -0.2) is 22.7 Å². The Hall–Kier alpha value is -2.28. The lowest BCUT2D eigenvalue weighted by atomic mass is 10.2. The maximum absolute atomic E-state index is 10.6. The topological polar surface area (TPSA) is 84.1 Å². The van der Waals surface area contributed by atoms with Gasteiger partial charge in [0, 0.05) is 16.2 Å². The van der Waals surface area contributed by atoms with Gasteiger partial charge >= 0.3 is 5.97 Å². The SMILES string of the molecule is O=C(O)COc1ccc(Br)cc1CN=Nc1ccccn1. The number of carboxylic acids is 1. The minimum Gasteiger partial charge on any atom is -0.482 e. The highest BCUT2D eigenvalue weighted by Gasteiger charge is 2.06. The van der Waals surface area contributed by atoms with Crippen molar-refractivity contribution in [2.24, 2.45) is 10.2 Å². The Kier molecular flexibility index (Phi) is 5.39. The van der Waals surface area contributed by atoms with E-state index in [1.54, 1.807) is 30.5 Å². The van der Waals surface area contributed by atoms with Gasteiger partial charge in [0.25, 0.3) is 0 Å². The van der Waals surface area contributed by atoms with E-state index >= 15 is 0 Å². The number of ether oxygens (including phenoxy) is 1. The third-order valence-corrected chi connectivity index (χ3v) is 2.93. The summed E-state index contributed by atoms with van der Waals surface area (Å²) < 4.78 is 6.07. The smallest absolute Gasteiger partial charge is 0.341 e. The summed E-state index contributed by atoms with van der Waals surface area (Å²) in [5.41, 5.74) is 0.741. The molecule has 0 fully saturated rings. The fraction of sp³-hybridized carbons (Fsp3) is 0.143. The van der Waals surface area contributed by atoms with Crippen LogP contribution in [0.2, 0.25) is 0 Å². The van der Waals surface area contributed by atoms with Gasteiger partial charge in [-0.25, -0.2) is 9.78 Å². The first-order valence-electron chi connectivity index (χ1n) is 6.06. The summed E-state index contributed by atoms with van der Waals surface area (Å²) in [5.74, 6) is -0.0416. The number of aliphatic carboxylic acids is 1. The van der Waals surface area contributed by atoms with Crippen LogP contribution in [0.15, 0.2) is 57.3 Å². The highest BCUT2D eigenvalue weighted by atomic mass is 79.9. The maximum atomic E-state index is 10.6. The summed E-state index contributed by atoms with van der Waals surface area (Å²) in [4.78, 5) is 14.6. The molecular weight excluding hydrogens is 338 g/mol. The average Bonchev–Trinajstić information content (AvgIpc) is 2.47. The third-order valence-electron chi connectivity index (χ3n) is 2.44. The van der Waals surface area contributed by atoms with Gasteiger partial charge in [-0.3, -0.25) is 0 Å². The van der Waals surface area contributed by atoms with Crippen molar-refractivity contribution < 1.29 is 14.6 Å². The number of carboxylic acid groups (broad SMARTS) is 1. The van der Waals surface area contributed by atoms with Crippen LogP contribution in [0.5, 0.6) is 5.75 Å². The van der Waals surface area contributed by atoms with Crippen molar-refractivity contribution in [2.75, 3.05) is 6.61 Å². The number of nitrogens with zero attached hydrogens (tertiary/aromatic N) is 3.